The number of hydrogen-bond donors (Lipinski definition) is 1. The molecule has 1 N–H and O–H groups in total. The zero-order chi connectivity index (χ0) is 15.6. The summed E-state index contributed by atoms with van der Waals surface area (Å²) in [6.45, 7) is 7.69. The third-order valence-electron chi connectivity index (χ3n) is 3.49. The highest BCUT2D eigenvalue weighted by atomic mass is 32.2. The first kappa shape index (κ1) is 15.6. The fourth-order valence-corrected chi connectivity index (χ4v) is 4.12. The molecule has 0 unspecified atom stereocenters. The molecule has 3 nitrogen and oxygen atoms in total. The number of sulfonamides is 1. The van der Waals surface area contributed by atoms with Gasteiger partial charge in [-0.25, -0.2) is 8.42 Å². The van der Waals surface area contributed by atoms with Crippen LogP contribution in [0.2, 0.25) is 0 Å². The van der Waals surface area contributed by atoms with E-state index in [0.29, 0.717) is 10.6 Å². The number of hydrogen-bond acceptors (Lipinski definition) is 2. The van der Waals surface area contributed by atoms with Crippen molar-refractivity contribution in [3.63, 3.8) is 0 Å². The monoisotopic (exact) mass is 303 g/mol. The molecule has 0 atom stereocenters. The van der Waals surface area contributed by atoms with Gasteiger partial charge in [-0.3, -0.25) is 4.72 Å². The second kappa shape index (κ2) is 5.90. The van der Waals surface area contributed by atoms with Crippen LogP contribution in [-0.2, 0) is 16.4 Å². The summed E-state index contributed by atoms with van der Waals surface area (Å²) in [5.74, 6) is 0. The molecule has 0 aliphatic carbocycles. The van der Waals surface area contributed by atoms with Crippen LogP contribution in [0.15, 0.2) is 41.3 Å². The molecule has 2 aromatic carbocycles. The van der Waals surface area contributed by atoms with Gasteiger partial charge in [0.25, 0.3) is 10.0 Å². The van der Waals surface area contributed by atoms with Gasteiger partial charge in [0.1, 0.15) is 0 Å². The quantitative estimate of drug-likeness (QED) is 0.928. The Morgan fingerprint density at radius 2 is 1.48 bits per heavy atom. The first-order valence-electron chi connectivity index (χ1n) is 7.03. The Morgan fingerprint density at radius 3 is 1.95 bits per heavy atom. The number of aryl methyl sites for hydroxylation is 4. The topological polar surface area (TPSA) is 46.2 Å². The van der Waals surface area contributed by atoms with E-state index in [1.807, 2.05) is 45.0 Å². The van der Waals surface area contributed by atoms with E-state index in [1.54, 1.807) is 12.1 Å². The van der Waals surface area contributed by atoms with Gasteiger partial charge in [-0.15, -0.1) is 0 Å². The van der Waals surface area contributed by atoms with Crippen molar-refractivity contribution in [3.05, 3.63) is 58.7 Å². The lowest BCUT2D eigenvalue weighted by atomic mass is 10.1. The van der Waals surface area contributed by atoms with Crippen LogP contribution in [0.1, 0.15) is 29.2 Å². The zero-order valence-corrected chi connectivity index (χ0v) is 13.7. The van der Waals surface area contributed by atoms with Crippen molar-refractivity contribution < 1.29 is 8.42 Å². The third-order valence-corrected chi connectivity index (χ3v) is 5.17. The van der Waals surface area contributed by atoms with Crippen LogP contribution in [0.3, 0.4) is 0 Å². The van der Waals surface area contributed by atoms with Crippen molar-refractivity contribution in [1.29, 1.82) is 0 Å². The summed E-state index contributed by atoms with van der Waals surface area (Å²) in [6.07, 6.45) is 0.934. The second-order valence-corrected chi connectivity index (χ2v) is 7.00. The molecule has 0 saturated heterocycles. The predicted octanol–water partition coefficient (Wildman–Crippen LogP) is 3.98. The Labute approximate surface area is 127 Å². The highest BCUT2D eigenvalue weighted by molar-refractivity contribution is 7.92. The number of rotatable bonds is 4. The first-order chi connectivity index (χ1) is 9.83. The highest BCUT2D eigenvalue weighted by Gasteiger charge is 2.19. The summed E-state index contributed by atoms with van der Waals surface area (Å²) in [7, 11) is -3.56. The van der Waals surface area contributed by atoms with Crippen LogP contribution in [0, 0.1) is 20.8 Å². The maximum Gasteiger partial charge on any atom is 0.262 e. The SMILES string of the molecule is CCc1ccc(NS(=O)(=O)c2c(C)cc(C)cc2C)cc1. The molecule has 4 heteroatoms. The Hall–Kier alpha value is -1.81. The minimum absolute atomic E-state index is 0.368. The van der Waals surface area contributed by atoms with Crippen molar-refractivity contribution in [1.82, 2.24) is 0 Å². The molecule has 21 heavy (non-hydrogen) atoms. The Kier molecular flexibility index (Phi) is 4.37. The fraction of sp³-hybridized carbons (Fsp3) is 0.294. The second-order valence-electron chi connectivity index (χ2n) is 5.38. The lowest BCUT2D eigenvalue weighted by Crippen LogP contribution is -2.16. The molecule has 0 bridgehead atoms. The summed E-state index contributed by atoms with van der Waals surface area (Å²) in [6, 6.07) is 11.3. The van der Waals surface area contributed by atoms with Crippen molar-refractivity contribution in [2.24, 2.45) is 0 Å². The van der Waals surface area contributed by atoms with Gasteiger partial charge in [-0.2, -0.15) is 0 Å². The molecule has 0 amide bonds. The number of nitrogens with one attached hydrogen (secondary N) is 1. The molecule has 0 aromatic heterocycles. The maximum atomic E-state index is 12.6. The third kappa shape index (κ3) is 3.45. The Balaban J connectivity index is 2.38. The molecule has 0 spiro atoms. The van der Waals surface area contributed by atoms with Crippen molar-refractivity contribution in [2.75, 3.05) is 4.72 Å². The van der Waals surface area contributed by atoms with Crippen LogP contribution < -0.4 is 4.72 Å². The number of benzene rings is 2. The lowest BCUT2D eigenvalue weighted by molar-refractivity contribution is 0.600. The van der Waals surface area contributed by atoms with Gasteiger partial charge in [-0.05, 0) is 56.0 Å². The van der Waals surface area contributed by atoms with Gasteiger partial charge in [0, 0.05) is 5.69 Å². The van der Waals surface area contributed by atoms with Crippen LogP contribution in [0.25, 0.3) is 0 Å². The lowest BCUT2D eigenvalue weighted by Gasteiger charge is -2.14. The van der Waals surface area contributed by atoms with Gasteiger partial charge in [0.05, 0.1) is 4.90 Å². The summed E-state index contributed by atoms with van der Waals surface area (Å²) >= 11 is 0. The molecular formula is C17H21NO2S. The summed E-state index contributed by atoms with van der Waals surface area (Å²) in [5.41, 5.74) is 4.37. The highest BCUT2D eigenvalue weighted by Crippen LogP contribution is 2.24. The van der Waals surface area contributed by atoms with E-state index in [4.69, 9.17) is 0 Å². The minimum atomic E-state index is -3.56. The molecule has 2 rings (SSSR count). The van der Waals surface area contributed by atoms with Gasteiger partial charge in [0.2, 0.25) is 0 Å². The predicted molar refractivity (Wildman–Crippen MR) is 87.3 cm³/mol. The van der Waals surface area contributed by atoms with Crippen molar-refractivity contribution >= 4 is 15.7 Å². The molecule has 2 aromatic rings. The molecule has 0 heterocycles. The largest absolute Gasteiger partial charge is 0.280 e. The van der Waals surface area contributed by atoms with Gasteiger partial charge < -0.3 is 0 Å². The smallest absolute Gasteiger partial charge is 0.262 e. The van der Waals surface area contributed by atoms with Crippen LogP contribution in [-0.4, -0.2) is 8.42 Å². The van der Waals surface area contributed by atoms with E-state index in [0.717, 1.165) is 23.1 Å². The molecule has 112 valence electrons. The molecule has 0 fully saturated rings. The molecule has 0 saturated carbocycles. The average Bonchev–Trinajstić information content (AvgIpc) is 2.37. The standard InChI is InChI=1S/C17H21NO2S/c1-5-15-6-8-16(9-7-15)18-21(19,20)17-13(3)10-12(2)11-14(17)4/h6-11,18H,5H2,1-4H3. The maximum absolute atomic E-state index is 12.6. The molecule has 0 aliphatic heterocycles. The molecule has 0 aliphatic rings. The summed E-state index contributed by atoms with van der Waals surface area (Å²) in [4.78, 5) is 0.368. The van der Waals surface area contributed by atoms with Gasteiger partial charge in [-0.1, -0.05) is 36.8 Å². The Bertz CT molecular complexity index is 724. The van der Waals surface area contributed by atoms with E-state index in [1.165, 1.54) is 5.56 Å². The summed E-state index contributed by atoms with van der Waals surface area (Å²) < 4.78 is 27.9. The minimum Gasteiger partial charge on any atom is -0.280 e. The average molecular weight is 303 g/mol. The normalized spacial score (nSPS) is 11.4. The van der Waals surface area contributed by atoms with E-state index >= 15 is 0 Å². The van der Waals surface area contributed by atoms with E-state index in [9.17, 15) is 8.42 Å². The molecule has 0 radical (unpaired) electrons. The van der Waals surface area contributed by atoms with E-state index in [-0.39, 0.29) is 0 Å². The first-order valence-corrected chi connectivity index (χ1v) is 8.51. The van der Waals surface area contributed by atoms with E-state index in [2.05, 4.69) is 11.6 Å². The van der Waals surface area contributed by atoms with Crippen molar-refractivity contribution in [3.8, 4) is 0 Å². The summed E-state index contributed by atoms with van der Waals surface area (Å²) in [5, 5.41) is 0. The molecular weight excluding hydrogens is 282 g/mol. The van der Waals surface area contributed by atoms with Crippen molar-refractivity contribution in [2.45, 2.75) is 39.0 Å². The zero-order valence-electron chi connectivity index (χ0n) is 12.9. The van der Waals surface area contributed by atoms with Gasteiger partial charge >= 0.3 is 0 Å². The van der Waals surface area contributed by atoms with Crippen LogP contribution in [0.4, 0.5) is 5.69 Å². The Morgan fingerprint density at radius 1 is 0.952 bits per heavy atom. The van der Waals surface area contributed by atoms with Crippen LogP contribution >= 0.6 is 0 Å². The number of anilines is 1. The van der Waals surface area contributed by atoms with E-state index < -0.39 is 10.0 Å². The van der Waals surface area contributed by atoms with Gasteiger partial charge in [0.15, 0.2) is 0 Å². The fourth-order valence-electron chi connectivity index (χ4n) is 2.61. The van der Waals surface area contributed by atoms with Crippen LogP contribution in [0.5, 0.6) is 0 Å².